The molecule has 1 saturated carbocycles. The predicted octanol–water partition coefficient (Wildman–Crippen LogP) is 2.59. The molecule has 82 valence electrons. The van der Waals surface area contributed by atoms with Crippen LogP contribution in [-0.2, 0) is 6.54 Å². The van der Waals surface area contributed by atoms with Crippen molar-refractivity contribution in [1.29, 1.82) is 0 Å². The van der Waals surface area contributed by atoms with Crippen LogP contribution in [0.1, 0.15) is 18.6 Å². The third-order valence-corrected chi connectivity index (χ3v) is 2.77. The Morgan fingerprint density at radius 3 is 2.75 bits per heavy atom. The second-order valence-corrected chi connectivity index (χ2v) is 4.16. The van der Waals surface area contributed by atoms with Gasteiger partial charge in [-0.05, 0) is 37.1 Å². The molecule has 0 aliphatic heterocycles. The summed E-state index contributed by atoms with van der Waals surface area (Å²) in [5.74, 6) is 1.91. The summed E-state index contributed by atoms with van der Waals surface area (Å²) in [7, 11) is 0. The zero-order valence-corrected chi connectivity index (χ0v) is 9.02. The van der Waals surface area contributed by atoms with E-state index in [1.165, 1.54) is 12.8 Å². The molecule has 1 aliphatic carbocycles. The molecule has 2 aromatic heterocycles. The SMILES string of the molecule is c1cc(-c2ccc(CNC3CC3)o2)ccn1. The Morgan fingerprint density at radius 1 is 1.19 bits per heavy atom. The standard InChI is InChI=1S/C13H14N2O/c1-2-11(1)15-9-12-3-4-13(16-12)10-5-7-14-8-6-10/h3-8,11,15H,1-2,9H2. The lowest BCUT2D eigenvalue weighted by Gasteiger charge is -1.99. The van der Waals surface area contributed by atoms with E-state index in [1.807, 2.05) is 24.3 Å². The summed E-state index contributed by atoms with van der Waals surface area (Å²) in [6, 6.07) is 8.67. The number of hydrogen-bond donors (Lipinski definition) is 1. The second-order valence-electron chi connectivity index (χ2n) is 4.16. The van der Waals surface area contributed by atoms with Crippen molar-refractivity contribution in [3.63, 3.8) is 0 Å². The maximum atomic E-state index is 5.76. The molecular formula is C13H14N2O. The van der Waals surface area contributed by atoms with Crippen molar-refractivity contribution >= 4 is 0 Å². The monoisotopic (exact) mass is 214 g/mol. The lowest BCUT2D eigenvalue weighted by molar-refractivity contribution is 0.492. The van der Waals surface area contributed by atoms with Crippen LogP contribution in [0.4, 0.5) is 0 Å². The fraction of sp³-hybridized carbons (Fsp3) is 0.308. The number of pyridine rings is 1. The van der Waals surface area contributed by atoms with Gasteiger partial charge in [0.05, 0.1) is 6.54 Å². The molecule has 0 amide bonds. The quantitative estimate of drug-likeness (QED) is 0.850. The molecule has 3 rings (SSSR count). The van der Waals surface area contributed by atoms with Crippen molar-refractivity contribution in [3.05, 3.63) is 42.4 Å². The minimum Gasteiger partial charge on any atom is -0.460 e. The Kier molecular flexibility index (Phi) is 2.46. The van der Waals surface area contributed by atoms with Gasteiger partial charge in [0.15, 0.2) is 0 Å². The van der Waals surface area contributed by atoms with E-state index in [1.54, 1.807) is 12.4 Å². The van der Waals surface area contributed by atoms with Crippen LogP contribution >= 0.6 is 0 Å². The first-order chi connectivity index (χ1) is 7.92. The number of furan rings is 1. The molecule has 0 atom stereocenters. The van der Waals surface area contributed by atoms with E-state index in [0.717, 1.165) is 29.7 Å². The van der Waals surface area contributed by atoms with E-state index in [4.69, 9.17) is 4.42 Å². The molecule has 2 aromatic rings. The number of nitrogens with zero attached hydrogens (tertiary/aromatic N) is 1. The van der Waals surface area contributed by atoms with Gasteiger partial charge in [-0.25, -0.2) is 0 Å². The molecule has 16 heavy (non-hydrogen) atoms. The van der Waals surface area contributed by atoms with Crippen LogP contribution in [0.2, 0.25) is 0 Å². The Hall–Kier alpha value is -1.61. The zero-order chi connectivity index (χ0) is 10.8. The Morgan fingerprint density at radius 2 is 2.00 bits per heavy atom. The average molecular weight is 214 g/mol. The third kappa shape index (κ3) is 2.14. The summed E-state index contributed by atoms with van der Waals surface area (Å²) in [6.45, 7) is 0.829. The molecule has 0 radical (unpaired) electrons. The van der Waals surface area contributed by atoms with E-state index in [0.29, 0.717) is 0 Å². The molecule has 1 aliphatic rings. The second kappa shape index (κ2) is 4.10. The van der Waals surface area contributed by atoms with Gasteiger partial charge in [-0.1, -0.05) is 0 Å². The molecule has 0 spiro atoms. The lowest BCUT2D eigenvalue weighted by atomic mass is 10.2. The van der Waals surface area contributed by atoms with E-state index in [-0.39, 0.29) is 0 Å². The van der Waals surface area contributed by atoms with E-state index >= 15 is 0 Å². The van der Waals surface area contributed by atoms with Gasteiger partial charge in [0.25, 0.3) is 0 Å². The highest BCUT2D eigenvalue weighted by Gasteiger charge is 2.20. The molecule has 3 nitrogen and oxygen atoms in total. The summed E-state index contributed by atoms with van der Waals surface area (Å²) in [5.41, 5.74) is 1.08. The van der Waals surface area contributed by atoms with Gasteiger partial charge < -0.3 is 9.73 Å². The third-order valence-electron chi connectivity index (χ3n) is 2.77. The molecule has 1 fully saturated rings. The fourth-order valence-corrected chi connectivity index (χ4v) is 1.68. The Balaban J connectivity index is 1.71. The number of nitrogens with one attached hydrogen (secondary N) is 1. The van der Waals surface area contributed by atoms with E-state index < -0.39 is 0 Å². The minimum atomic E-state index is 0.717. The molecular weight excluding hydrogens is 200 g/mol. The maximum Gasteiger partial charge on any atom is 0.134 e. The summed E-state index contributed by atoms with van der Waals surface area (Å²) in [4.78, 5) is 3.99. The zero-order valence-electron chi connectivity index (χ0n) is 9.02. The topological polar surface area (TPSA) is 38.1 Å². The summed E-state index contributed by atoms with van der Waals surface area (Å²) in [5, 5.41) is 3.43. The van der Waals surface area contributed by atoms with Crippen LogP contribution < -0.4 is 5.32 Å². The molecule has 0 aromatic carbocycles. The van der Waals surface area contributed by atoms with Crippen molar-refractivity contribution in [2.24, 2.45) is 0 Å². The summed E-state index contributed by atoms with van der Waals surface area (Å²) < 4.78 is 5.76. The van der Waals surface area contributed by atoms with Gasteiger partial charge in [-0.15, -0.1) is 0 Å². The van der Waals surface area contributed by atoms with Crippen LogP contribution in [0.3, 0.4) is 0 Å². The van der Waals surface area contributed by atoms with E-state index in [2.05, 4.69) is 10.3 Å². The highest BCUT2D eigenvalue weighted by atomic mass is 16.3. The van der Waals surface area contributed by atoms with Crippen molar-refractivity contribution in [2.75, 3.05) is 0 Å². The minimum absolute atomic E-state index is 0.717. The molecule has 3 heteroatoms. The number of hydrogen-bond acceptors (Lipinski definition) is 3. The van der Waals surface area contributed by atoms with Gasteiger partial charge in [-0.3, -0.25) is 4.98 Å². The van der Waals surface area contributed by atoms with Gasteiger partial charge in [-0.2, -0.15) is 0 Å². The lowest BCUT2D eigenvalue weighted by Crippen LogP contribution is -2.14. The van der Waals surface area contributed by atoms with Gasteiger partial charge in [0.2, 0.25) is 0 Å². The van der Waals surface area contributed by atoms with Crippen LogP contribution in [0.15, 0.2) is 41.1 Å². The first kappa shape index (κ1) is 9.60. The normalized spacial score (nSPS) is 15.2. The van der Waals surface area contributed by atoms with Crippen LogP contribution in [-0.4, -0.2) is 11.0 Å². The Labute approximate surface area is 94.5 Å². The maximum absolute atomic E-state index is 5.76. The summed E-state index contributed by atoms with van der Waals surface area (Å²) in [6.07, 6.45) is 6.16. The van der Waals surface area contributed by atoms with E-state index in [9.17, 15) is 0 Å². The molecule has 1 N–H and O–H groups in total. The molecule has 0 saturated heterocycles. The highest BCUT2D eigenvalue weighted by molar-refractivity contribution is 5.56. The highest BCUT2D eigenvalue weighted by Crippen LogP contribution is 2.23. The van der Waals surface area contributed by atoms with Crippen molar-refractivity contribution in [2.45, 2.75) is 25.4 Å². The largest absolute Gasteiger partial charge is 0.460 e. The van der Waals surface area contributed by atoms with Gasteiger partial charge in [0, 0.05) is 24.0 Å². The fourth-order valence-electron chi connectivity index (χ4n) is 1.68. The average Bonchev–Trinajstić information content (AvgIpc) is 3.05. The van der Waals surface area contributed by atoms with Crippen molar-refractivity contribution in [1.82, 2.24) is 10.3 Å². The Bertz CT molecular complexity index is 460. The van der Waals surface area contributed by atoms with Crippen LogP contribution in [0.25, 0.3) is 11.3 Å². The molecule has 0 unspecified atom stereocenters. The molecule has 2 heterocycles. The van der Waals surface area contributed by atoms with Crippen molar-refractivity contribution in [3.8, 4) is 11.3 Å². The van der Waals surface area contributed by atoms with Crippen LogP contribution in [0, 0.1) is 0 Å². The molecule has 0 bridgehead atoms. The van der Waals surface area contributed by atoms with Gasteiger partial charge in [0.1, 0.15) is 11.5 Å². The summed E-state index contributed by atoms with van der Waals surface area (Å²) >= 11 is 0. The predicted molar refractivity (Wildman–Crippen MR) is 61.8 cm³/mol. The smallest absolute Gasteiger partial charge is 0.134 e. The van der Waals surface area contributed by atoms with Crippen LogP contribution in [0.5, 0.6) is 0 Å². The number of aromatic nitrogens is 1. The number of rotatable bonds is 4. The first-order valence-electron chi connectivity index (χ1n) is 5.64. The van der Waals surface area contributed by atoms with Gasteiger partial charge >= 0.3 is 0 Å². The first-order valence-corrected chi connectivity index (χ1v) is 5.64. The van der Waals surface area contributed by atoms with Crippen molar-refractivity contribution < 1.29 is 4.42 Å².